The summed E-state index contributed by atoms with van der Waals surface area (Å²) in [5.41, 5.74) is 3.46. The van der Waals surface area contributed by atoms with Crippen molar-refractivity contribution in [1.29, 1.82) is 0 Å². The molecule has 3 aromatic rings. The summed E-state index contributed by atoms with van der Waals surface area (Å²) in [5.74, 6) is 0. The molecule has 4 heteroatoms. The summed E-state index contributed by atoms with van der Waals surface area (Å²) < 4.78 is 1.66. The summed E-state index contributed by atoms with van der Waals surface area (Å²) in [6.07, 6.45) is 0. The number of aromatic nitrogens is 3. The Bertz CT molecular complexity index is 769. The van der Waals surface area contributed by atoms with Gasteiger partial charge in [-0.2, -0.15) is 0 Å². The van der Waals surface area contributed by atoms with Gasteiger partial charge in [0.15, 0.2) is 5.65 Å². The van der Waals surface area contributed by atoms with Crippen LogP contribution in [0.4, 0.5) is 0 Å². The molecule has 0 aliphatic heterocycles. The fourth-order valence-corrected chi connectivity index (χ4v) is 2.23. The highest BCUT2D eigenvalue weighted by Crippen LogP contribution is 2.25. The number of benzene rings is 1. The van der Waals surface area contributed by atoms with Crippen LogP contribution in [0.3, 0.4) is 0 Å². The Morgan fingerprint density at radius 2 is 1.94 bits per heavy atom. The van der Waals surface area contributed by atoms with E-state index in [4.69, 9.17) is 0 Å². The van der Waals surface area contributed by atoms with Crippen molar-refractivity contribution in [2.24, 2.45) is 7.05 Å². The summed E-state index contributed by atoms with van der Waals surface area (Å²) in [6, 6.07) is 11.8. The molecule has 0 bridgehead atoms. The first-order valence-corrected chi connectivity index (χ1v) is 5.78. The van der Waals surface area contributed by atoms with Gasteiger partial charge in [0.2, 0.25) is 0 Å². The zero-order valence-corrected chi connectivity index (χ0v) is 10.3. The maximum absolute atomic E-state index is 12.0. The van der Waals surface area contributed by atoms with Crippen LogP contribution in [0.1, 0.15) is 5.69 Å². The van der Waals surface area contributed by atoms with E-state index < -0.39 is 0 Å². The normalized spacial score (nSPS) is 11.0. The highest BCUT2D eigenvalue weighted by atomic mass is 16.1. The summed E-state index contributed by atoms with van der Waals surface area (Å²) >= 11 is 0. The van der Waals surface area contributed by atoms with Gasteiger partial charge in [-0.05, 0) is 18.6 Å². The van der Waals surface area contributed by atoms with Gasteiger partial charge in [0, 0.05) is 18.3 Å². The van der Waals surface area contributed by atoms with Crippen LogP contribution in [-0.4, -0.2) is 14.8 Å². The van der Waals surface area contributed by atoms with Crippen LogP contribution in [0.25, 0.3) is 22.2 Å². The molecule has 0 atom stereocenters. The number of H-pyrrole nitrogens is 1. The Hall–Kier alpha value is -2.36. The second kappa shape index (κ2) is 3.84. The number of nitrogens with zero attached hydrogens (tertiary/aromatic N) is 2. The van der Waals surface area contributed by atoms with Crippen molar-refractivity contribution in [2.45, 2.75) is 6.92 Å². The number of aryl methyl sites for hydroxylation is 2. The molecule has 0 spiro atoms. The lowest BCUT2D eigenvalue weighted by Crippen LogP contribution is -2.02. The van der Waals surface area contributed by atoms with E-state index in [1.165, 1.54) is 0 Å². The SMILES string of the molecule is Cc1cc(-c2ccccc2)c2c(=O)[nH]n(C)c2n1. The smallest absolute Gasteiger partial charge is 0.270 e. The summed E-state index contributed by atoms with van der Waals surface area (Å²) in [4.78, 5) is 16.4. The molecule has 0 unspecified atom stereocenters. The van der Waals surface area contributed by atoms with Gasteiger partial charge in [-0.3, -0.25) is 14.6 Å². The van der Waals surface area contributed by atoms with Gasteiger partial charge < -0.3 is 0 Å². The molecule has 0 radical (unpaired) electrons. The monoisotopic (exact) mass is 239 g/mol. The van der Waals surface area contributed by atoms with E-state index >= 15 is 0 Å². The summed E-state index contributed by atoms with van der Waals surface area (Å²) in [6.45, 7) is 1.93. The van der Waals surface area contributed by atoms with Crippen molar-refractivity contribution in [2.75, 3.05) is 0 Å². The van der Waals surface area contributed by atoms with Crippen molar-refractivity contribution >= 4 is 11.0 Å². The van der Waals surface area contributed by atoms with E-state index in [-0.39, 0.29) is 5.56 Å². The van der Waals surface area contributed by atoms with Crippen molar-refractivity contribution in [3.8, 4) is 11.1 Å². The van der Waals surface area contributed by atoms with Gasteiger partial charge in [-0.25, -0.2) is 4.98 Å². The molecular formula is C14H13N3O. The van der Waals surface area contributed by atoms with Crippen molar-refractivity contribution in [1.82, 2.24) is 14.8 Å². The molecule has 0 fully saturated rings. The van der Waals surface area contributed by atoms with Crippen molar-refractivity contribution in [3.63, 3.8) is 0 Å². The van der Waals surface area contributed by atoms with Gasteiger partial charge in [-0.15, -0.1) is 0 Å². The lowest BCUT2D eigenvalue weighted by Gasteiger charge is -2.04. The van der Waals surface area contributed by atoms with E-state index in [9.17, 15) is 4.79 Å². The lowest BCUT2D eigenvalue weighted by atomic mass is 10.0. The molecular weight excluding hydrogens is 226 g/mol. The third-order valence-corrected chi connectivity index (χ3v) is 3.03. The first kappa shape index (κ1) is 10.8. The minimum atomic E-state index is -0.0983. The third-order valence-electron chi connectivity index (χ3n) is 3.03. The Morgan fingerprint density at radius 1 is 1.22 bits per heavy atom. The molecule has 0 aliphatic rings. The fraction of sp³-hybridized carbons (Fsp3) is 0.143. The van der Waals surface area contributed by atoms with E-state index in [2.05, 4.69) is 10.1 Å². The highest BCUT2D eigenvalue weighted by Gasteiger charge is 2.12. The number of hydrogen-bond acceptors (Lipinski definition) is 2. The number of aromatic amines is 1. The third kappa shape index (κ3) is 1.54. The van der Waals surface area contributed by atoms with Gasteiger partial charge in [0.05, 0.1) is 5.39 Å². The van der Waals surface area contributed by atoms with Crippen molar-refractivity contribution in [3.05, 3.63) is 52.4 Å². The Labute approximate surface area is 104 Å². The average Bonchev–Trinajstić information content (AvgIpc) is 2.65. The second-order valence-corrected chi connectivity index (χ2v) is 4.38. The fourth-order valence-electron chi connectivity index (χ4n) is 2.23. The van der Waals surface area contributed by atoms with Gasteiger partial charge in [0.1, 0.15) is 0 Å². The standard InChI is InChI=1S/C14H13N3O/c1-9-8-11(10-6-4-3-5-7-10)12-13(15-9)17(2)16-14(12)18/h3-8H,1-2H3,(H,16,18). The molecule has 1 N–H and O–H groups in total. The molecule has 1 aromatic carbocycles. The van der Waals surface area contributed by atoms with E-state index in [1.54, 1.807) is 11.7 Å². The molecule has 90 valence electrons. The maximum atomic E-state index is 12.0. The maximum Gasteiger partial charge on any atom is 0.274 e. The summed E-state index contributed by atoms with van der Waals surface area (Å²) in [7, 11) is 1.80. The van der Waals surface area contributed by atoms with Crippen LogP contribution >= 0.6 is 0 Å². The lowest BCUT2D eigenvalue weighted by molar-refractivity contribution is 0.772. The van der Waals surface area contributed by atoms with Crippen LogP contribution in [0.15, 0.2) is 41.2 Å². The quantitative estimate of drug-likeness (QED) is 0.708. The molecule has 2 heterocycles. The first-order valence-electron chi connectivity index (χ1n) is 5.78. The molecule has 0 amide bonds. The van der Waals surface area contributed by atoms with Crippen LogP contribution in [-0.2, 0) is 7.05 Å². The Kier molecular flexibility index (Phi) is 2.30. The average molecular weight is 239 g/mol. The molecule has 4 nitrogen and oxygen atoms in total. The molecule has 0 saturated carbocycles. The van der Waals surface area contributed by atoms with E-state index in [1.807, 2.05) is 43.3 Å². The van der Waals surface area contributed by atoms with Crippen LogP contribution in [0.5, 0.6) is 0 Å². The number of nitrogens with one attached hydrogen (secondary N) is 1. The Morgan fingerprint density at radius 3 is 2.67 bits per heavy atom. The molecule has 0 aliphatic carbocycles. The van der Waals surface area contributed by atoms with Crippen LogP contribution in [0, 0.1) is 6.92 Å². The predicted molar refractivity (Wildman–Crippen MR) is 71.5 cm³/mol. The minimum absolute atomic E-state index is 0.0983. The molecule has 0 saturated heterocycles. The molecule has 3 rings (SSSR count). The zero-order chi connectivity index (χ0) is 12.7. The zero-order valence-electron chi connectivity index (χ0n) is 10.3. The minimum Gasteiger partial charge on any atom is -0.270 e. The van der Waals surface area contributed by atoms with Gasteiger partial charge >= 0.3 is 0 Å². The van der Waals surface area contributed by atoms with E-state index in [0.717, 1.165) is 16.8 Å². The number of hydrogen-bond donors (Lipinski definition) is 1. The Balaban J connectivity index is 2.46. The van der Waals surface area contributed by atoms with Gasteiger partial charge in [0.25, 0.3) is 5.56 Å². The number of rotatable bonds is 1. The van der Waals surface area contributed by atoms with Crippen molar-refractivity contribution < 1.29 is 0 Å². The topological polar surface area (TPSA) is 50.7 Å². The van der Waals surface area contributed by atoms with Gasteiger partial charge in [-0.1, -0.05) is 30.3 Å². The number of fused-ring (bicyclic) bond motifs is 1. The van der Waals surface area contributed by atoms with Crippen LogP contribution in [0.2, 0.25) is 0 Å². The largest absolute Gasteiger partial charge is 0.274 e. The first-order chi connectivity index (χ1) is 8.66. The predicted octanol–water partition coefficient (Wildman–Crippen LogP) is 2.24. The van der Waals surface area contributed by atoms with E-state index in [0.29, 0.717) is 11.0 Å². The highest BCUT2D eigenvalue weighted by molar-refractivity contribution is 5.92. The second-order valence-electron chi connectivity index (χ2n) is 4.38. The molecule has 2 aromatic heterocycles. The molecule has 18 heavy (non-hydrogen) atoms. The summed E-state index contributed by atoms with van der Waals surface area (Å²) in [5, 5.41) is 3.40. The number of pyridine rings is 1. The van der Waals surface area contributed by atoms with Crippen LogP contribution < -0.4 is 5.56 Å².